The molecular formula is C10H10O5. The molecule has 15 heavy (non-hydrogen) atoms. The van der Waals surface area contributed by atoms with Crippen molar-refractivity contribution in [1.82, 2.24) is 0 Å². The third-order valence-electron chi connectivity index (χ3n) is 2.30. The van der Waals surface area contributed by atoms with Crippen LogP contribution in [0.1, 0.15) is 15.9 Å². The molecule has 0 amide bonds. The zero-order valence-corrected chi connectivity index (χ0v) is 8.36. The van der Waals surface area contributed by atoms with Crippen LogP contribution in [0.15, 0.2) is 6.07 Å². The predicted molar refractivity (Wildman–Crippen MR) is 50.3 cm³/mol. The summed E-state index contributed by atoms with van der Waals surface area (Å²) in [7, 11) is 2.93. The molecule has 1 aromatic rings. The number of esters is 1. The van der Waals surface area contributed by atoms with Crippen molar-refractivity contribution in [3.05, 3.63) is 17.2 Å². The van der Waals surface area contributed by atoms with Gasteiger partial charge in [0.15, 0.2) is 11.5 Å². The van der Waals surface area contributed by atoms with E-state index in [0.29, 0.717) is 17.1 Å². The fourth-order valence-corrected chi connectivity index (χ4v) is 1.63. The van der Waals surface area contributed by atoms with Crippen LogP contribution in [0.5, 0.6) is 17.2 Å². The fraction of sp³-hybridized carbons (Fsp3) is 0.300. The van der Waals surface area contributed by atoms with Crippen LogP contribution in [0.3, 0.4) is 0 Å². The summed E-state index contributed by atoms with van der Waals surface area (Å²) in [6, 6.07) is 1.34. The number of rotatable bonds is 2. The maximum Gasteiger partial charge on any atom is 0.342 e. The maximum atomic E-state index is 11.3. The van der Waals surface area contributed by atoms with Gasteiger partial charge in [0.25, 0.3) is 0 Å². The van der Waals surface area contributed by atoms with Gasteiger partial charge >= 0.3 is 5.97 Å². The van der Waals surface area contributed by atoms with Crippen LogP contribution in [0.4, 0.5) is 0 Å². The van der Waals surface area contributed by atoms with Gasteiger partial charge in [0.1, 0.15) is 17.9 Å². The van der Waals surface area contributed by atoms with Crippen molar-refractivity contribution in [1.29, 1.82) is 0 Å². The summed E-state index contributed by atoms with van der Waals surface area (Å²) in [6.07, 6.45) is 0. The van der Waals surface area contributed by atoms with E-state index in [1.54, 1.807) is 0 Å². The Bertz CT molecular complexity index is 424. The third-order valence-corrected chi connectivity index (χ3v) is 2.30. The lowest BCUT2D eigenvalue weighted by molar-refractivity contribution is 0.0532. The van der Waals surface area contributed by atoms with E-state index < -0.39 is 5.97 Å². The monoisotopic (exact) mass is 210 g/mol. The van der Waals surface area contributed by atoms with E-state index >= 15 is 0 Å². The highest BCUT2D eigenvalue weighted by molar-refractivity contribution is 5.97. The summed E-state index contributed by atoms with van der Waals surface area (Å²) in [5.41, 5.74) is 0.687. The molecule has 0 bridgehead atoms. The molecule has 0 unspecified atom stereocenters. The van der Waals surface area contributed by atoms with Crippen LogP contribution in [0.25, 0.3) is 0 Å². The number of benzene rings is 1. The lowest BCUT2D eigenvalue weighted by atomic mass is 10.1. The average molecular weight is 210 g/mol. The van der Waals surface area contributed by atoms with E-state index in [-0.39, 0.29) is 17.9 Å². The molecule has 0 saturated heterocycles. The molecule has 0 saturated carbocycles. The molecule has 0 aliphatic carbocycles. The van der Waals surface area contributed by atoms with E-state index in [9.17, 15) is 9.90 Å². The minimum atomic E-state index is -0.538. The smallest absolute Gasteiger partial charge is 0.342 e. The summed E-state index contributed by atoms with van der Waals surface area (Å²) in [6.45, 7) is 0.0993. The summed E-state index contributed by atoms with van der Waals surface area (Å²) in [4.78, 5) is 11.3. The number of cyclic esters (lactones) is 1. The number of fused-ring (bicyclic) bond motifs is 1. The first-order valence-corrected chi connectivity index (χ1v) is 4.33. The van der Waals surface area contributed by atoms with Gasteiger partial charge in [-0.15, -0.1) is 0 Å². The van der Waals surface area contributed by atoms with Crippen LogP contribution in [0, 0.1) is 0 Å². The highest BCUT2D eigenvalue weighted by atomic mass is 16.5. The number of phenols is 1. The van der Waals surface area contributed by atoms with E-state index in [2.05, 4.69) is 0 Å². The summed E-state index contributed by atoms with van der Waals surface area (Å²) in [5.74, 6) is 0.122. The molecule has 0 atom stereocenters. The van der Waals surface area contributed by atoms with Crippen molar-refractivity contribution in [2.24, 2.45) is 0 Å². The Morgan fingerprint density at radius 1 is 1.40 bits per heavy atom. The number of carbonyl (C=O) groups is 1. The second-order valence-corrected chi connectivity index (χ2v) is 3.06. The summed E-state index contributed by atoms with van der Waals surface area (Å²) in [5, 5.41) is 9.60. The third kappa shape index (κ3) is 1.27. The summed E-state index contributed by atoms with van der Waals surface area (Å²) >= 11 is 0. The number of ether oxygens (including phenoxy) is 3. The maximum absolute atomic E-state index is 11.3. The Balaban J connectivity index is 2.69. The second-order valence-electron chi connectivity index (χ2n) is 3.06. The lowest BCUT2D eigenvalue weighted by Gasteiger charge is -2.11. The van der Waals surface area contributed by atoms with Crippen molar-refractivity contribution in [3.8, 4) is 17.2 Å². The predicted octanol–water partition coefficient (Wildman–Crippen LogP) is 1.08. The number of carbonyl (C=O) groups excluding carboxylic acids is 1. The molecule has 1 heterocycles. The highest BCUT2D eigenvalue weighted by Gasteiger charge is 2.30. The van der Waals surface area contributed by atoms with E-state index in [1.807, 2.05) is 0 Å². The molecule has 1 aliphatic rings. The molecule has 2 rings (SSSR count). The van der Waals surface area contributed by atoms with Gasteiger partial charge < -0.3 is 19.3 Å². The quantitative estimate of drug-likeness (QED) is 0.740. The summed E-state index contributed by atoms with van der Waals surface area (Å²) < 4.78 is 15.0. The Morgan fingerprint density at radius 3 is 2.73 bits per heavy atom. The number of aromatic hydroxyl groups is 1. The number of hydrogen-bond acceptors (Lipinski definition) is 5. The molecule has 80 valence electrons. The normalized spacial score (nSPS) is 13.3. The average Bonchev–Trinajstić information content (AvgIpc) is 2.61. The van der Waals surface area contributed by atoms with Gasteiger partial charge in [-0.05, 0) is 0 Å². The molecule has 0 spiro atoms. The Hall–Kier alpha value is -1.91. The molecule has 1 aliphatic heterocycles. The number of methoxy groups -OCH3 is 2. The van der Waals surface area contributed by atoms with Crippen LogP contribution in [-0.4, -0.2) is 25.3 Å². The Morgan fingerprint density at radius 2 is 2.13 bits per heavy atom. The zero-order chi connectivity index (χ0) is 11.0. The van der Waals surface area contributed by atoms with Gasteiger partial charge in [-0.25, -0.2) is 4.79 Å². The molecule has 0 aromatic heterocycles. The van der Waals surface area contributed by atoms with Crippen LogP contribution in [-0.2, 0) is 11.3 Å². The van der Waals surface area contributed by atoms with Gasteiger partial charge in [0.2, 0.25) is 0 Å². The zero-order valence-electron chi connectivity index (χ0n) is 8.36. The molecule has 1 N–H and O–H groups in total. The van der Waals surface area contributed by atoms with Crippen molar-refractivity contribution < 1.29 is 24.1 Å². The van der Waals surface area contributed by atoms with E-state index in [1.165, 1.54) is 20.3 Å². The molecule has 0 fully saturated rings. The van der Waals surface area contributed by atoms with E-state index in [0.717, 1.165) is 0 Å². The van der Waals surface area contributed by atoms with Gasteiger partial charge in [-0.1, -0.05) is 0 Å². The van der Waals surface area contributed by atoms with E-state index in [4.69, 9.17) is 14.2 Å². The largest absolute Gasteiger partial charge is 0.507 e. The Kier molecular flexibility index (Phi) is 2.15. The topological polar surface area (TPSA) is 65.0 Å². The highest BCUT2D eigenvalue weighted by Crippen LogP contribution is 2.42. The van der Waals surface area contributed by atoms with Gasteiger partial charge in [-0.3, -0.25) is 0 Å². The minimum Gasteiger partial charge on any atom is -0.507 e. The standard InChI is InChI=1S/C10H10O5/c1-13-7-3-6(11)8-5(9(7)14-2)4-15-10(8)12/h3,11H,4H2,1-2H3. The molecule has 1 aromatic carbocycles. The molecule has 0 radical (unpaired) electrons. The molecular weight excluding hydrogens is 200 g/mol. The van der Waals surface area contributed by atoms with Crippen molar-refractivity contribution >= 4 is 5.97 Å². The minimum absolute atomic E-state index is 0.0993. The first-order valence-electron chi connectivity index (χ1n) is 4.33. The first-order chi connectivity index (χ1) is 7.19. The van der Waals surface area contributed by atoms with Crippen LogP contribution < -0.4 is 9.47 Å². The van der Waals surface area contributed by atoms with Gasteiger partial charge in [0.05, 0.1) is 19.8 Å². The second kappa shape index (κ2) is 3.34. The number of hydrogen-bond donors (Lipinski definition) is 1. The van der Waals surface area contributed by atoms with Crippen LogP contribution in [0.2, 0.25) is 0 Å². The van der Waals surface area contributed by atoms with Crippen molar-refractivity contribution in [3.63, 3.8) is 0 Å². The fourth-order valence-electron chi connectivity index (χ4n) is 1.63. The molecule has 5 nitrogen and oxygen atoms in total. The van der Waals surface area contributed by atoms with Crippen molar-refractivity contribution in [2.75, 3.05) is 14.2 Å². The molecule has 5 heteroatoms. The SMILES string of the molecule is COc1cc(O)c2c(c1OC)COC2=O. The number of phenolic OH excluding ortho intramolecular Hbond substituents is 1. The van der Waals surface area contributed by atoms with Gasteiger partial charge in [-0.2, -0.15) is 0 Å². The van der Waals surface area contributed by atoms with Crippen LogP contribution >= 0.6 is 0 Å². The van der Waals surface area contributed by atoms with Gasteiger partial charge in [0, 0.05) is 6.07 Å². The Labute approximate surface area is 86.2 Å². The first kappa shape index (κ1) is 9.64. The lowest BCUT2D eigenvalue weighted by Crippen LogP contribution is -1.98. The van der Waals surface area contributed by atoms with Crippen molar-refractivity contribution in [2.45, 2.75) is 6.61 Å².